The average Bonchev–Trinajstić information content (AvgIpc) is 2.82. The van der Waals surface area contributed by atoms with Crippen LogP contribution in [0.2, 0.25) is 0 Å². The molecule has 3 rings (SSSR count). The molecule has 3 aromatic rings. The second kappa shape index (κ2) is 4.83. The van der Waals surface area contributed by atoms with E-state index in [2.05, 4.69) is 31.2 Å². The normalized spacial score (nSPS) is 10.7. The summed E-state index contributed by atoms with van der Waals surface area (Å²) in [5.41, 5.74) is 1.33. The minimum Gasteiger partial charge on any atom is -0.488 e. The lowest BCUT2D eigenvalue weighted by Gasteiger charge is -2.02. The highest BCUT2D eigenvalue weighted by Crippen LogP contribution is 2.28. The summed E-state index contributed by atoms with van der Waals surface area (Å²) in [6, 6.07) is 18.6. The first kappa shape index (κ1) is 11.3. The van der Waals surface area contributed by atoms with E-state index >= 15 is 0 Å². The number of hydrogen-bond donors (Lipinski definition) is 0. The third-order valence-electron chi connectivity index (χ3n) is 2.95. The Balaban J connectivity index is 1.81. The number of ether oxygens (including phenoxy) is 1. The molecule has 1 aromatic heterocycles. The Hall–Kier alpha value is -1.80. The van der Waals surface area contributed by atoms with Crippen LogP contribution in [-0.4, -0.2) is 0 Å². The molecule has 0 amide bonds. The smallest absolute Gasteiger partial charge is 0.122 e. The number of aryl methyl sites for hydroxylation is 1. The van der Waals surface area contributed by atoms with E-state index < -0.39 is 0 Å². The monoisotopic (exact) mass is 254 g/mol. The third-order valence-corrected chi connectivity index (χ3v) is 4.03. The molecule has 0 aliphatic heterocycles. The zero-order valence-corrected chi connectivity index (χ0v) is 11.0. The van der Waals surface area contributed by atoms with Gasteiger partial charge in [0.2, 0.25) is 0 Å². The van der Waals surface area contributed by atoms with Crippen molar-refractivity contribution in [1.29, 1.82) is 0 Å². The molecule has 0 saturated heterocycles. The molecular weight excluding hydrogens is 240 g/mol. The Morgan fingerprint density at radius 3 is 2.61 bits per heavy atom. The Kier molecular flexibility index (Phi) is 3.03. The van der Waals surface area contributed by atoms with Crippen LogP contribution in [0, 0.1) is 6.92 Å². The molecule has 90 valence electrons. The lowest BCUT2D eigenvalue weighted by Crippen LogP contribution is -1.91. The number of para-hydroxylation sites is 1. The molecule has 1 nitrogen and oxygen atoms in total. The predicted octanol–water partition coefficient (Wildman–Crippen LogP) is 4.79. The molecule has 0 radical (unpaired) electrons. The van der Waals surface area contributed by atoms with E-state index in [0.29, 0.717) is 6.61 Å². The quantitative estimate of drug-likeness (QED) is 0.653. The number of thiophene rings is 1. The standard InChI is InChI=1S/C16H14OS/c1-12-6-5-9-16-15(12)10-14(18-16)11-17-13-7-3-2-4-8-13/h2-10H,11H2,1H3. The highest BCUT2D eigenvalue weighted by molar-refractivity contribution is 7.19. The van der Waals surface area contributed by atoms with Gasteiger partial charge in [-0.3, -0.25) is 0 Å². The van der Waals surface area contributed by atoms with Gasteiger partial charge in [-0.2, -0.15) is 0 Å². The van der Waals surface area contributed by atoms with Crippen LogP contribution in [0.25, 0.3) is 10.1 Å². The molecule has 2 aromatic carbocycles. The summed E-state index contributed by atoms with van der Waals surface area (Å²) in [4.78, 5) is 1.27. The molecule has 0 aliphatic rings. The SMILES string of the molecule is Cc1cccc2sc(COc3ccccc3)cc12. The van der Waals surface area contributed by atoms with E-state index in [0.717, 1.165) is 5.75 Å². The Bertz CT molecular complexity index is 655. The van der Waals surface area contributed by atoms with E-state index in [-0.39, 0.29) is 0 Å². The van der Waals surface area contributed by atoms with Gasteiger partial charge in [-0.25, -0.2) is 0 Å². The van der Waals surface area contributed by atoms with E-state index in [4.69, 9.17) is 4.74 Å². The second-order valence-electron chi connectivity index (χ2n) is 4.30. The summed E-state index contributed by atoms with van der Waals surface area (Å²) in [6.07, 6.45) is 0. The van der Waals surface area contributed by atoms with Gasteiger partial charge in [0.15, 0.2) is 0 Å². The first-order chi connectivity index (χ1) is 8.83. The van der Waals surface area contributed by atoms with Crippen molar-refractivity contribution < 1.29 is 4.74 Å². The van der Waals surface area contributed by atoms with Gasteiger partial charge in [-0.15, -0.1) is 11.3 Å². The molecule has 1 heterocycles. The maximum absolute atomic E-state index is 5.77. The molecule has 2 heteroatoms. The summed E-state index contributed by atoms with van der Waals surface area (Å²) in [7, 11) is 0. The summed E-state index contributed by atoms with van der Waals surface area (Å²) in [5.74, 6) is 0.923. The number of fused-ring (bicyclic) bond motifs is 1. The van der Waals surface area contributed by atoms with Crippen LogP contribution in [0.5, 0.6) is 5.75 Å². The molecule has 0 saturated carbocycles. The topological polar surface area (TPSA) is 9.23 Å². The van der Waals surface area contributed by atoms with Crippen molar-refractivity contribution in [3.05, 3.63) is 65.0 Å². The first-order valence-electron chi connectivity index (χ1n) is 5.99. The van der Waals surface area contributed by atoms with Gasteiger partial charge in [0.1, 0.15) is 12.4 Å². The Morgan fingerprint density at radius 1 is 1.00 bits per heavy atom. The summed E-state index contributed by atoms with van der Waals surface area (Å²) < 4.78 is 7.11. The van der Waals surface area contributed by atoms with Crippen molar-refractivity contribution >= 4 is 21.4 Å². The molecule has 0 N–H and O–H groups in total. The maximum atomic E-state index is 5.77. The highest BCUT2D eigenvalue weighted by atomic mass is 32.1. The highest BCUT2D eigenvalue weighted by Gasteiger charge is 2.04. The van der Waals surface area contributed by atoms with Gasteiger partial charge in [0.05, 0.1) is 0 Å². The lowest BCUT2D eigenvalue weighted by atomic mass is 10.1. The molecule has 0 spiro atoms. The van der Waals surface area contributed by atoms with E-state index in [1.165, 1.54) is 20.5 Å². The molecule has 0 aliphatic carbocycles. The van der Waals surface area contributed by atoms with Crippen LogP contribution < -0.4 is 4.74 Å². The van der Waals surface area contributed by atoms with Crippen LogP contribution in [0.1, 0.15) is 10.4 Å². The second-order valence-corrected chi connectivity index (χ2v) is 5.47. The average molecular weight is 254 g/mol. The summed E-state index contributed by atoms with van der Waals surface area (Å²) in [5, 5.41) is 1.34. The van der Waals surface area contributed by atoms with E-state index in [1.807, 2.05) is 30.3 Å². The van der Waals surface area contributed by atoms with Gasteiger partial charge >= 0.3 is 0 Å². The fourth-order valence-electron chi connectivity index (χ4n) is 2.00. The fraction of sp³-hybridized carbons (Fsp3) is 0.125. The number of hydrogen-bond acceptors (Lipinski definition) is 2. The van der Waals surface area contributed by atoms with Crippen LogP contribution in [0.15, 0.2) is 54.6 Å². The molecule has 0 fully saturated rings. The summed E-state index contributed by atoms with van der Waals surface area (Å²) >= 11 is 1.81. The van der Waals surface area contributed by atoms with Crippen molar-refractivity contribution in [2.75, 3.05) is 0 Å². The van der Waals surface area contributed by atoms with Crippen LogP contribution in [0.3, 0.4) is 0 Å². The maximum Gasteiger partial charge on any atom is 0.122 e. The van der Waals surface area contributed by atoms with E-state index in [9.17, 15) is 0 Å². The van der Waals surface area contributed by atoms with Gasteiger partial charge in [-0.1, -0.05) is 30.3 Å². The van der Waals surface area contributed by atoms with Crippen LogP contribution in [0.4, 0.5) is 0 Å². The fourth-order valence-corrected chi connectivity index (χ4v) is 3.06. The molecule has 0 atom stereocenters. The Labute approximate surface area is 111 Å². The summed E-state index contributed by atoms with van der Waals surface area (Å²) in [6.45, 7) is 2.79. The Morgan fingerprint density at radius 2 is 1.83 bits per heavy atom. The van der Waals surface area contributed by atoms with Crippen molar-refractivity contribution in [1.82, 2.24) is 0 Å². The van der Waals surface area contributed by atoms with E-state index in [1.54, 1.807) is 11.3 Å². The van der Waals surface area contributed by atoms with Crippen molar-refractivity contribution in [2.45, 2.75) is 13.5 Å². The minimum absolute atomic E-state index is 0.642. The van der Waals surface area contributed by atoms with Gasteiger partial charge in [0, 0.05) is 9.58 Å². The zero-order chi connectivity index (χ0) is 12.4. The van der Waals surface area contributed by atoms with Gasteiger partial charge < -0.3 is 4.74 Å². The van der Waals surface area contributed by atoms with Gasteiger partial charge in [0.25, 0.3) is 0 Å². The third kappa shape index (κ3) is 2.24. The largest absolute Gasteiger partial charge is 0.488 e. The molecular formula is C16H14OS. The molecule has 0 unspecified atom stereocenters. The zero-order valence-electron chi connectivity index (χ0n) is 10.2. The number of benzene rings is 2. The lowest BCUT2D eigenvalue weighted by molar-refractivity contribution is 0.310. The minimum atomic E-state index is 0.642. The molecule has 0 bridgehead atoms. The van der Waals surface area contributed by atoms with Gasteiger partial charge in [-0.05, 0) is 42.1 Å². The van der Waals surface area contributed by atoms with Crippen molar-refractivity contribution in [3.63, 3.8) is 0 Å². The first-order valence-corrected chi connectivity index (χ1v) is 6.80. The predicted molar refractivity (Wildman–Crippen MR) is 77.3 cm³/mol. The van der Waals surface area contributed by atoms with Crippen molar-refractivity contribution in [2.24, 2.45) is 0 Å². The van der Waals surface area contributed by atoms with Crippen LogP contribution in [-0.2, 0) is 6.61 Å². The van der Waals surface area contributed by atoms with Crippen LogP contribution >= 0.6 is 11.3 Å². The van der Waals surface area contributed by atoms with Crippen molar-refractivity contribution in [3.8, 4) is 5.75 Å². The molecule has 18 heavy (non-hydrogen) atoms. The number of rotatable bonds is 3.